The second kappa shape index (κ2) is 37.3. The maximum absolute atomic E-state index is 13.8. The minimum absolute atomic E-state index is 0.0145. The molecule has 7 fully saturated rings. The van der Waals surface area contributed by atoms with Crippen LogP contribution in [0.1, 0.15) is 170 Å². The van der Waals surface area contributed by atoms with Crippen molar-refractivity contribution >= 4 is 65.8 Å². The van der Waals surface area contributed by atoms with Gasteiger partial charge >= 0.3 is 42.2 Å². The minimum Gasteiger partial charge on any atom is -0.480 e. The summed E-state index contributed by atoms with van der Waals surface area (Å²) >= 11 is 0. The number of amides is 7. The Hall–Kier alpha value is -9.59. The summed E-state index contributed by atoms with van der Waals surface area (Å²) in [5.41, 5.74) is 14.1. The number of nitrogens with two attached hydrogens (primary N) is 1. The number of hydrogen-bond donors (Lipinski definition) is 7. The van der Waals surface area contributed by atoms with Gasteiger partial charge in [0.15, 0.2) is 0 Å². The fourth-order valence-electron chi connectivity index (χ4n) is 17.0. The highest BCUT2D eigenvalue weighted by molar-refractivity contribution is 5.91. The lowest BCUT2D eigenvalue weighted by atomic mass is 9.79. The number of carbonyl (C=O) groups is 11. The molecule has 0 radical (unpaired) electrons. The number of aliphatic carboxylic acids is 1. The van der Waals surface area contributed by atoms with Gasteiger partial charge in [0.25, 0.3) is 0 Å². The molecule has 5 aliphatic heterocycles. The average molecular weight is 1480 g/mol. The van der Waals surface area contributed by atoms with Gasteiger partial charge in [0, 0.05) is 62.3 Å². The number of likely N-dealkylation sites (tertiary alicyclic amines) is 2. The van der Waals surface area contributed by atoms with Crippen molar-refractivity contribution in [1.29, 1.82) is 0 Å². The highest BCUT2D eigenvalue weighted by atomic mass is 16.6. The molecule has 9 aliphatic rings. The fraction of sp³-hybridized carbons (Fsp3) is 0.568. The molecule has 0 bridgehead atoms. The van der Waals surface area contributed by atoms with Crippen LogP contribution in [0.3, 0.4) is 0 Å². The standard InChI is InChI=1S/C34H41N3O6.C26H29NO4.C13H22N2O5.C8H14N2O3/c1-42-33(40)29(17-22-15-16-35-31(22)38)36-32(39)30-18-23(21-9-3-2-4-10-21)19-37(30)34(41)43-20-28-26-13-7-5-11-24(26)25-12-6-8-14-27(25)28;28-25(29)24-14-18(17-8-2-1-3-9-17)15-27(24)26(30)31-16-23-21-12-6-4-10-19(21)20-11-5-7-13-22(20)23;1-13(2,3)20-12(18)15-9(11(17)19-4)7-8-5-6-14-10(8)16;1-13-8(12)6(9)4-5-2-3-10-7(5)11/h5-8,11-14,21-23,28-30H,2-4,9-10,15-20H2,1H3,(H,35,38)(H,36,39);4-7,10-13,17-18,23-24H,1-3,8-9,14-16H2,(H,28,29);8-9H,5-7H2,1-4H3,(H,14,16)(H,15,18);5-6H,2-4,9H2,1H3,(H,10,11)/t22-,23+,29-,30-;18-,24+;8-,9-;5-,6-/m0100/s1. The van der Waals surface area contributed by atoms with E-state index in [-0.39, 0.29) is 85.2 Å². The minimum atomic E-state index is -0.968. The predicted molar refractivity (Wildman–Crippen MR) is 394 cm³/mol. The van der Waals surface area contributed by atoms with Crippen molar-refractivity contribution in [2.45, 2.75) is 184 Å². The summed E-state index contributed by atoms with van der Waals surface area (Å²) < 4.78 is 30.9. The third-order valence-electron chi connectivity index (χ3n) is 22.6. The third-order valence-corrected chi connectivity index (χ3v) is 22.6. The molecular weight excluding hydrogens is 1370 g/mol. The van der Waals surface area contributed by atoms with E-state index < -0.39 is 83.9 Å². The number of benzene rings is 4. The molecule has 4 aromatic carbocycles. The average Bonchev–Trinajstić information content (AvgIpc) is 1.62. The van der Waals surface area contributed by atoms with Crippen LogP contribution < -0.4 is 32.3 Å². The van der Waals surface area contributed by atoms with E-state index in [9.17, 15) is 57.8 Å². The number of carbonyl (C=O) groups excluding carboxylic acids is 10. The topological polar surface area (TPSA) is 356 Å². The van der Waals surface area contributed by atoms with E-state index in [0.717, 1.165) is 78.3 Å². The van der Waals surface area contributed by atoms with Crippen molar-refractivity contribution in [3.05, 3.63) is 119 Å². The van der Waals surface area contributed by atoms with Gasteiger partial charge in [-0.05, 0) is 140 Å². The van der Waals surface area contributed by atoms with E-state index >= 15 is 0 Å². The molecule has 107 heavy (non-hydrogen) atoms. The van der Waals surface area contributed by atoms with E-state index in [0.29, 0.717) is 76.7 Å². The second-order valence-corrected chi connectivity index (χ2v) is 30.5. The van der Waals surface area contributed by atoms with Crippen molar-refractivity contribution in [1.82, 2.24) is 36.4 Å². The molecular formula is C81H106N8O18. The molecule has 0 aromatic heterocycles. The van der Waals surface area contributed by atoms with E-state index in [1.165, 1.54) is 63.0 Å². The summed E-state index contributed by atoms with van der Waals surface area (Å²) in [4.78, 5) is 137. The monoisotopic (exact) mass is 1480 g/mol. The van der Waals surface area contributed by atoms with Gasteiger partial charge in [-0.3, -0.25) is 33.8 Å². The van der Waals surface area contributed by atoms with Crippen LogP contribution in [0.2, 0.25) is 0 Å². The number of esters is 3. The van der Waals surface area contributed by atoms with Gasteiger partial charge in [0.1, 0.15) is 49.0 Å². The Morgan fingerprint density at radius 3 is 1.20 bits per heavy atom. The highest BCUT2D eigenvalue weighted by Crippen LogP contribution is 2.47. The van der Waals surface area contributed by atoms with Gasteiger partial charge in [-0.2, -0.15) is 0 Å². The molecule has 13 rings (SSSR count). The molecule has 7 amide bonds. The first kappa shape index (κ1) is 80.0. The zero-order valence-corrected chi connectivity index (χ0v) is 62.4. The largest absolute Gasteiger partial charge is 0.480 e. The number of carboxylic acid groups (broad SMARTS) is 1. The van der Waals surface area contributed by atoms with Crippen molar-refractivity contribution in [2.75, 3.05) is 67.3 Å². The lowest BCUT2D eigenvalue weighted by molar-refractivity contribution is -0.146. The fourth-order valence-corrected chi connectivity index (χ4v) is 17.0. The number of fused-ring (bicyclic) bond motifs is 6. The summed E-state index contributed by atoms with van der Waals surface area (Å²) in [7, 11) is 3.80. The van der Waals surface area contributed by atoms with Crippen LogP contribution in [0.5, 0.6) is 0 Å². The Morgan fingerprint density at radius 2 is 0.841 bits per heavy atom. The van der Waals surface area contributed by atoms with Crippen molar-refractivity contribution in [3.8, 4) is 22.3 Å². The van der Waals surface area contributed by atoms with Crippen LogP contribution in [-0.4, -0.2) is 184 Å². The number of hydrogen-bond acceptors (Lipinski definition) is 18. The molecule has 5 saturated heterocycles. The Kier molecular flexibility index (Phi) is 27.9. The van der Waals surface area contributed by atoms with Crippen LogP contribution in [0, 0.1) is 41.4 Å². The smallest absolute Gasteiger partial charge is 0.410 e. The predicted octanol–water partition coefficient (Wildman–Crippen LogP) is 9.27. The van der Waals surface area contributed by atoms with Crippen molar-refractivity contribution in [2.24, 2.45) is 47.2 Å². The molecule has 8 N–H and O–H groups in total. The molecule has 26 nitrogen and oxygen atoms in total. The summed E-state index contributed by atoms with van der Waals surface area (Å²) in [6.45, 7) is 8.34. The number of alkyl carbamates (subject to hydrolysis) is 1. The second-order valence-electron chi connectivity index (χ2n) is 30.5. The maximum atomic E-state index is 13.8. The molecule has 0 spiro atoms. The van der Waals surface area contributed by atoms with E-state index in [4.69, 9.17) is 24.7 Å². The van der Waals surface area contributed by atoms with Gasteiger partial charge in [-0.25, -0.2) is 28.8 Å². The van der Waals surface area contributed by atoms with E-state index in [2.05, 4.69) is 84.6 Å². The van der Waals surface area contributed by atoms with Gasteiger partial charge < -0.3 is 65.8 Å². The first-order valence-corrected chi connectivity index (χ1v) is 38.0. The zero-order valence-electron chi connectivity index (χ0n) is 62.4. The molecule has 4 aromatic rings. The molecule has 10 atom stereocenters. The SMILES string of the molecule is COC(=O)[C@@H](N)C[C@@H]1CCNC1=O.COC(=O)[C@H](C[C@@H]1CCNC1=O)NC(=O)OC(C)(C)C.COC(=O)[C@H](C[C@@H]1CCNC1=O)NC(=O)[C@@H]1C[C@@H](C2CCCCC2)CN1C(=O)OCC1c2ccccc2-c2ccccc21.O=C(O)[C@@H]1C[C@@H](C2CCCCC2)CN1C(=O)OCC1c2ccccc2-c2ccccc21. The molecule has 5 heterocycles. The van der Waals surface area contributed by atoms with Gasteiger partial charge in [0.05, 0.1) is 21.3 Å². The normalized spacial score (nSPS) is 23.1. The number of methoxy groups -OCH3 is 3. The van der Waals surface area contributed by atoms with Gasteiger partial charge in [-0.15, -0.1) is 0 Å². The summed E-state index contributed by atoms with van der Waals surface area (Å²) in [6, 6.07) is 28.8. The molecule has 4 aliphatic carbocycles. The Labute approximate surface area is 625 Å². The number of nitrogens with zero attached hydrogens (tertiary/aromatic N) is 2. The molecule has 2 saturated carbocycles. The third kappa shape index (κ3) is 20.4. The number of rotatable bonds is 19. The lowest BCUT2D eigenvalue weighted by Crippen LogP contribution is -2.52. The highest BCUT2D eigenvalue weighted by Gasteiger charge is 2.47. The molecule has 0 unspecified atom stereocenters. The quantitative estimate of drug-likeness (QED) is 0.0339. The number of nitrogens with one attached hydrogen (secondary N) is 5. The number of ether oxygens (including phenoxy) is 6. The molecule has 578 valence electrons. The van der Waals surface area contributed by atoms with Crippen molar-refractivity contribution in [3.63, 3.8) is 0 Å². The van der Waals surface area contributed by atoms with E-state index in [1.807, 2.05) is 48.5 Å². The van der Waals surface area contributed by atoms with Crippen LogP contribution in [0.4, 0.5) is 14.4 Å². The van der Waals surface area contributed by atoms with Crippen LogP contribution in [0.15, 0.2) is 97.1 Å². The maximum Gasteiger partial charge on any atom is 0.410 e. The zero-order chi connectivity index (χ0) is 76.5. The summed E-state index contributed by atoms with van der Waals surface area (Å²) in [5.74, 6) is -2.68. The lowest BCUT2D eigenvalue weighted by Gasteiger charge is -2.27. The summed E-state index contributed by atoms with van der Waals surface area (Å²) in [5, 5.41) is 23.2. The van der Waals surface area contributed by atoms with Crippen LogP contribution >= 0.6 is 0 Å². The summed E-state index contributed by atoms with van der Waals surface area (Å²) in [6.07, 6.45) is 13.8. The van der Waals surface area contributed by atoms with Crippen molar-refractivity contribution < 1.29 is 86.3 Å². The first-order valence-electron chi connectivity index (χ1n) is 38.0. The Morgan fingerprint density at radius 1 is 0.486 bits per heavy atom. The van der Waals surface area contributed by atoms with Gasteiger partial charge in [-0.1, -0.05) is 161 Å². The Bertz CT molecular complexity index is 3740. The van der Waals surface area contributed by atoms with Gasteiger partial charge in [0.2, 0.25) is 23.6 Å². The first-order chi connectivity index (χ1) is 51.4. The van der Waals surface area contributed by atoms with Crippen LogP contribution in [0.25, 0.3) is 22.3 Å². The van der Waals surface area contributed by atoms with Crippen LogP contribution in [-0.2, 0) is 66.8 Å². The molecule has 26 heteroatoms. The number of carboxylic acids is 1. The Balaban J connectivity index is 0.000000166. The van der Waals surface area contributed by atoms with E-state index in [1.54, 1.807) is 25.7 Å².